The average Bonchev–Trinajstić information content (AvgIpc) is 3.47. The number of aryl methyl sites for hydroxylation is 1. The van der Waals surface area contributed by atoms with Crippen LogP contribution in [-0.2, 0) is 11.2 Å². The summed E-state index contributed by atoms with van der Waals surface area (Å²) in [4.78, 5) is 26.7. The molecule has 5 nitrogen and oxygen atoms in total. The van der Waals surface area contributed by atoms with Crippen LogP contribution in [0.15, 0.2) is 73.1 Å². The van der Waals surface area contributed by atoms with E-state index in [-0.39, 0.29) is 11.8 Å². The van der Waals surface area contributed by atoms with E-state index in [4.69, 9.17) is 0 Å². The van der Waals surface area contributed by atoms with Crippen LogP contribution in [0, 0.1) is 0 Å². The van der Waals surface area contributed by atoms with Crippen LogP contribution in [0.2, 0.25) is 0 Å². The lowest BCUT2D eigenvalue weighted by atomic mass is 10.1. The van der Waals surface area contributed by atoms with Gasteiger partial charge >= 0.3 is 0 Å². The van der Waals surface area contributed by atoms with Crippen LogP contribution in [0.1, 0.15) is 35.2 Å². The van der Waals surface area contributed by atoms with Gasteiger partial charge in [0.2, 0.25) is 5.91 Å². The molecule has 0 spiro atoms. The number of benzene rings is 2. The van der Waals surface area contributed by atoms with Crippen molar-refractivity contribution in [1.29, 1.82) is 0 Å². The van der Waals surface area contributed by atoms with Crippen LogP contribution in [0.4, 0.5) is 5.69 Å². The fourth-order valence-corrected chi connectivity index (χ4v) is 3.65. The second-order valence-corrected chi connectivity index (χ2v) is 7.38. The molecule has 0 unspecified atom stereocenters. The Labute approximate surface area is 171 Å². The summed E-state index contributed by atoms with van der Waals surface area (Å²) in [5, 5.41) is 2.94. The van der Waals surface area contributed by atoms with Crippen molar-refractivity contribution in [2.45, 2.75) is 25.7 Å². The van der Waals surface area contributed by atoms with E-state index < -0.39 is 0 Å². The number of likely N-dealkylation sites (tertiary alicyclic amines) is 1. The molecule has 5 heteroatoms. The summed E-state index contributed by atoms with van der Waals surface area (Å²) in [5.41, 5.74) is 3.40. The number of hydrogen-bond donors (Lipinski definition) is 1. The fraction of sp³-hybridized carbons (Fsp3) is 0.250. The monoisotopic (exact) mass is 387 g/mol. The Morgan fingerprint density at radius 1 is 0.897 bits per heavy atom. The quantitative estimate of drug-likeness (QED) is 0.686. The van der Waals surface area contributed by atoms with Crippen molar-refractivity contribution in [2.24, 2.45) is 0 Å². The van der Waals surface area contributed by atoms with Crippen LogP contribution in [-0.4, -0.2) is 34.4 Å². The topological polar surface area (TPSA) is 54.3 Å². The van der Waals surface area contributed by atoms with Gasteiger partial charge in [-0.1, -0.05) is 18.2 Å². The molecule has 1 aliphatic rings. The smallest absolute Gasteiger partial charge is 0.255 e. The highest BCUT2D eigenvalue weighted by Gasteiger charge is 2.17. The highest BCUT2D eigenvalue weighted by molar-refractivity contribution is 6.04. The molecule has 0 aliphatic carbocycles. The Kier molecular flexibility index (Phi) is 5.75. The molecular formula is C24H25N3O2. The number of nitrogens with one attached hydrogen (secondary N) is 1. The first kappa shape index (κ1) is 19.0. The predicted octanol–water partition coefficient (Wildman–Crippen LogP) is 4.28. The van der Waals surface area contributed by atoms with Crippen molar-refractivity contribution in [3.63, 3.8) is 0 Å². The van der Waals surface area contributed by atoms with Crippen molar-refractivity contribution in [1.82, 2.24) is 9.47 Å². The Bertz CT molecular complexity index is 972. The molecule has 1 aromatic heterocycles. The Morgan fingerprint density at radius 2 is 1.62 bits per heavy atom. The maximum atomic E-state index is 12.6. The van der Waals surface area contributed by atoms with Gasteiger partial charge in [0.1, 0.15) is 0 Å². The molecule has 0 radical (unpaired) electrons. The zero-order valence-electron chi connectivity index (χ0n) is 16.4. The fourth-order valence-electron chi connectivity index (χ4n) is 3.65. The molecule has 0 saturated carbocycles. The number of anilines is 1. The van der Waals surface area contributed by atoms with Gasteiger partial charge in [-0.3, -0.25) is 9.59 Å². The molecule has 2 aromatic carbocycles. The average molecular weight is 387 g/mol. The molecule has 1 fully saturated rings. The summed E-state index contributed by atoms with van der Waals surface area (Å²) in [6, 6.07) is 19.2. The van der Waals surface area contributed by atoms with Crippen LogP contribution < -0.4 is 5.32 Å². The molecule has 2 heterocycles. The molecule has 0 bridgehead atoms. The van der Waals surface area contributed by atoms with Crippen LogP contribution >= 0.6 is 0 Å². The largest absolute Gasteiger partial charge is 0.343 e. The number of amides is 2. The van der Waals surface area contributed by atoms with E-state index in [2.05, 4.69) is 5.32 Å². The molecular weight excluding hydrogens is 362 g/mol. The molecule has 4 rings (SSSR count). The summed E-state index contributed by atoms with van der Waals surface area (Å²) in [5.74, 6) is 0.0958. The molecule has 1 N–H and O–H groups in total. The van der Waals surface area contributed by atoms with E-state index in [0.29, 0.717) is 12.0 Å². The lowest BCUT2D eigenvalue weighted by Gasteiger charge is -2.15. The zero-order valence-corrected chi connectivity index (χ0v) is 16.4. The number of rotatable bonds is 6. The normalized spacial score (nSPS) is 13.4. The van der Waals surface area contributed by atoms with Crippen molar-refractivity contribution in [3.8, 4) is 5.69 Å². The third-order valence-electron chi connectivity index (χ3n) is 5.31. The third-order valence-corrected chi connectivity index (χ3v) is 5.31. The van der Waals surface area contributed by atoms with E-state index in [1.807, 2.05) is 76.5 Å². The van der Waals surface area contributed by atoms with Crippen molar-refractivity contribution < 1.29 is 9.59 Å². The number of nitrogens with zero attached hydrogens (tertiary/aromatic N) is 2. The highest BCUT2D eigenvalue weighted by Crippen LogP contribution is 2.16. The summed E-state index contributed by atoms with van der Waals surface area (Å²) in [6.45, 7) is 1.80. The molecule has 29 heavy (non-hydrogen) atoms. The Morgan fingerprint density at radius 3 is 2.34 bits per heavy atom. The van der Waals surface area contributed by atoms with Crippen LogP contribution in [0.5, 0.6) is 0 Å². The van der Waals surface area contributed by atoms with Crippen molar-refractivity contribution in [3.05, 3.63) is 84.2 Å². The minimum Gasteiger partial charge on any atom is -0.343 e. The summed E-state index contributed by atoms with van der Waals surface area (Å²) >= 11 is 0. The van der Waals surface area contributed by atoms with E-state index in [1.54, 1.807) is 6.07 Å². The second kappa shape index (κ2) is 8.78. The first-order chi connectivity index (χ1) is 14.2. The van der Waals surface area contributed by atoms with Gasteiger partial charge < -0.3 is 14.8 Å². The van der Waals surface area contributed by atoms with E-state index in [1.165, 1.54) is 0 Å². The van der Waals surface area contributed by atoms with Gasteiger partial charge in [-0.25, -0.2) is 0 Å². The minimum absolute atomic E-state index is 0.143. The summed E-state index contributed by atoms with van der Waals surface area (Å²) in [6.07, 6.45) is 7.40. The lowest BCUT2D eigenvalue weighted by molar-refractivity contribution is -0.130. The minimum atomic E-state index is -0.143. The molecule has 1 aliphatic heterocycles. The molecule has 3 aromatic rings. The lowest BCUT2D eigenvalue weighted by Crippen LogP contribution is -2.27. The Balaban J connectivity index is 1.34. The highest BCUT2D eigenvalue weighted by atomic mass is 16.2. The molecule has 2 amide bonds. The first-order valence-electron chi connectivity index (χ1n) is 10.1. The molecule has 1 saturated heterocycles. The van der Waals surface area contributed by atoms with Gasteiger partial charge in [-0.2, -0.15) is 0 Å². The standard InChI is InChI=1S/C24H25N3O2/c28-23(27-16-3-4-17-27)13-10-19-8-11-21(12-9-19)25-24(29)20-6-5-7-22(18-20)26-14-1-2-15-26/h1-2,5-9,11-12,14-15,18H,3-4,10,13,16-17H2,(H,25,29). The number of hydrogen-bond acceptors (Lipinski definition) is 2. The second-order valence-electron chi connectivity index (χ2n) is 7.38. The van der Waals surface area contributed by atoms with Gasteiger partial charge in [-0.15, -0.1) is 0 Å². The van der Waals surface area contributed by atoms with Gasteiger partial charge in [0.15, 0.2) is 0 Å². The Hall–Kier alpha value is -3.34. The first-order valence-corrected chi connectivity index (χ1v) is 10.1. The number of carbonyl (C=O) groups excluding carboxylic acids is 2. The van der Waals surface area contributed by atoms with Gasteiger partial charge in [0, 0.05) is 48.8 Å². The SMILES string of the molecule is O=C(Nc1ccc(CCC(=O)N2CCCC2)cc1)c1cccc(-n2cccc2)c1. The van der Waals surface area contributed by atoms with Crippen LogP contribution in [0.25, 0.3) is 5.69 Å². The zero-order chi connectivity index (χ0) is 20.1. The van der Waals surface area contributed by atoms with E-state index in [0.717, 1.165) is 49.3 Å². The summed E-state index contributed by atoms with van der Waals surface area (Å²) in [7, 11) is 0. The molecule has 148 valence electrons. The predicted molar refractivity (Wildman–Crippen MR) is 114 cm³/mol. The van der Waals surface area contributed by atoms with E-state index in [9.17, 15) is 9.59 Å². The summed E-state index contributed by atoms with van der Waals surface area (Å²) < 4.78 is 1.97. The molecule has 0 atom stereocenters. The number of carbonyl (C=O) groups is 2. The van der Waals surface area contributed by atoms with Crippen molar-refractivity contribution >= 4 is 17.5 Å². The van der Waals surface area contributed by atoms with Gasteiger partial charge in [0.25, 0.3) is 5.91 Å². The van der Waals surface area contributed by atoms with E-state index >= 15 is 0 Å². The van der Waals surface area contributed by atoms with Crippen LogP contribution in [0.3, 0.4) is 0 Å². The maximum absolute atomic E-state index is 12.6. The third kappa shape index (κ3) is 4.74. The maximum Gasteiger partial charge on any atom is 0.255 e. The number of aromatic nitrogens is 1. The van der Waals surface area contributed by atoms with Gasteiger partial charge in [-0.05, 0) is 67.3 Å². The van der Waals surface area contributed by atoms with Crippen molar-refractivity contribution in [2.75, 3.05) is 18.4 Å². The van der Waals surface area contributed by atoms with Gasteiger partial charge in [0.05, 0.1) is 0 Å².